The van der Waals surface area contributed by atoms with Crippen molar-refractivity contribution < 1.29 is 19.7 Å². The molecule has 0 heterocycles. The maximum absolute atomic E-state index is 10.7. The summed E-state index contributed by atoms with van der Waals surface area (Å²) in [6.45, 7) is 7.83. The molecule has 0 bridgehead atoms. The lowest BCUT2D eigenvalue weighted by Crippen LogP contribution is -2.32. The largest absolute Gasteiger partial charge is 0.540 e. The molecule has 0 fully saturated rings. The van der Waals surface area contributed by atoms with Crippen molar-refractivity contribution in [2.24, 2.45) is 5.92 Å². The molecule has 0 amide bonds. The monoisotopic (exact) mass is 190 g/mol. The summed E-state index contributed by atoms with van der Waals surface area (Å²) >= 11 is 0. The second-order valence-electron chi connectivity index (χ2n) is 3.84. The van der Waals surface area contributed by atoms with E-state index in [4.69, 9.17) is 9.99 Å². The molecule has 0 aliphatic rings. The van der Waals surface area contributed by atoms with E-state index < -0.39 is 11.8 Å². The van der Waals surface area contributed by atoms with E-state index >= 15 is 0 Å². The van der Waals surface area contributed by atoms with Crippen LogP contribution in [-0.2, 0) is 9.62 Å². The fourth-order valence-electron chi connectivity index (χ4n) is 1.34. The summed E-state index contributed by atoms with van der Waals surface area (Å²) in [5.74, 6) is 0.427. The van der Waals surface area contributed by atoms with Crippen molar-refractivity contribution in [3.05, 3.63) is 0 Å². The van der Waals surface area contributed by atoms with Crippen LogP contribution >= 0.6 is 0 Å². The van der Waals surface area contributed by atoms with Crippen LogP contribution in [-0.4, -0.2) is 17.0 Å². The molecule has 4 heteroatoms. The van der Waals surface area contributed by atoms with E-state index in [0.717, 1.165) is 6.42 Å². The predicted molar refractivity (Wildman–Crippen MR) is 48.3 cm³/mol. The zero-order chi connectivity index (χ0) is 10.5. The first-order chi connectivity index (χ1) is 5.93. The average molecular weight is 190 g/mol. The Morgan fingerprint density at radius 2 is 2.08 bits per heavy atom. The third-order valence-corrected chi connectivity index (χ3v) is 1.99. The highest BCUT2D eigenvalue weighted by Crippen LogP contribution is 2.24. The summed E-state index contributed by atoms with van der Waals surface area (Å²) in [6.07, 6.45) is 0.406. The van der Waals surface area contributed by atoms with Gasteiger partial charge in [-0.05, 0) is 25.7 Å². The van der Waals surface area contributed by atoms with E-state index in [0.29, 0.717) is 12.3 Å². The topological polar surface area (TPSA) is 55.8 Å². The van der Waals surface area contributed by atoms with E-state index in [9.17, 15) is 4.79 Å². The van der Waals surface area contributed by atoms with E-state index in [2.05, 4.69) is 4.89 Å². The summed E-state index contributed by atoms with van der Waals surface area (Å²) in [5.41, 5.74) is -0.548. The van der Waals surface area contributed by atoms with Crippen molar-refractivity contribution >= 4 is 6.16 Å². The molecule has 0 saturated heterocycles. The zero-order valence-corrected chi connectivity index (χ0v) is 8.66. The summed E-state index contributed by atoms with van der Waals surface area (Å²) < 4.78 is 4.94. The van der Waals surface area contributed by atoms with Gasteiger partial charge in [-0.3, -0.25) is 4.89 Å². The summed E-state index contributed by atoms with van der Waals surface area (Å²) in [5, 5.41) is 8.05. The molecule has 0 spiro atoms. The van der Waals surface area contributed by atoms with Gasteiger partial charge in [-0.2, -0.15) is 5.26 Å². The lowest BCUT2D eigenvalue weighted by Gasteiger charge is -2.28. The van der Waals surface area contributed by atoms with Gasteiger partial charge in [0.15, 0.2) is 0 Å². The molecule has 0 aromatic carbocycles. The van der Waals surface area contributed by atoms with Crippen LogP contribution in [0.15, 0.2) is 0 Å². The molecule has 1 N–H and O–H groups in total. The van der Waals surface area contributed by atoms with Crippen LogP contribution in [0, 0.1) is 5.92 Å². The van der Waals surface area contributed by atoms with Crippen LogP contribution in [0.3, 0.4) is 0 Å². The summed E-state index contributed by atoms with van der Waals surface area (Å²) in [4.78, 5) is 14.1. The van der Waals surface area contributed by atoms with Crippen molar-refractivity contribution in [3.63, 3.8) is 0 Å². The number of rotatable bonds is 4. The van der Waals surface area contributed by atoms with Crippen LogP contribution in [0.4, 0.5) is 4.79 Å². The van der Waals surface area contributed by atoms with Crippen LogP contribution in [0.1, 0.15) is 40.5 Å². The minimum Gasteiger partial charge on any atom is -0.426 e. The third kappa shape index (κ3) is 4.72. The number of ether oxygens (including phenoxy) is 1. The molecule has 0 rings (SSSR count). The number of hydrogen-bond acceptors (Lipinski definition) is 4. The maximum Gasteiger partial charge on any atom is 0.540 e. The van der Waals surface area contributed by atoms with Gasteiger partial charge in [-0.25, -0.2) is 4.79 Å². The van der Waals surface area contributed by atoms with E-state index in [-0.39, 0.29) is 0 Å². The van der Waals surface area contributed by atoms with Crippen LogP contribution in [0.2, 0.25) is 0 Å². The van der Waals surface area contributed by atoms with Crippen molar-refractivity contribution in [2.45, 2.75) is 46.1 Å². The Morgan fingerprint density at radius 3 is 2.38 bits per heavy atom. The molecule has 0 aromatic rings. The highest BCUT2D eigenvalue weighted by Gasteiger charge is 2.28. The molecule has 0 aliphatic carbocycles. The fourth-order valence-corrected chi connectivity index (χ4v) is 1.34. The minimum atomic E-state index is -1.04. The van der Waals surface area contributed by atoms with Crippen LogP contribution < -0.4 is 0 Å². The van der Waals surface area contributed by atoms with Gasteiger partial charge in [0.2, 0.25) is 0 Å². The fraction of sp³-hybridized carbons (Fsp3) is 0.889. The molecular weight excluding hydrogens is 172 g/mol. The van der Waals surface area contributed by atoms with Gasteiger partial charge in [-0.1, -0.05) is 20.8 Å². The van der Waals surface area contributed by atoms with E-state index in [1.807, 2.05) is 27.7 Å². The molecule has 4 nitrogen and oxygen atoms in total. The summed E-state index contributed by atoms with van der Waals surface area (Å²) in [7, 11) is 0. The van der Waals surface area contributed by atoms with Gasteiger partial charge >= 0.3 is 6.16 Å². The van der Waals surface area contributed by atoms with Crippen molar-refractivity contribution in [3.8, 4) is 0 Å². The first-order valence-electron chi connectivity index (χ1n) is 4.48. The predicted octanol–water partition coefficient (Wildman–Crippen LogP) is 2.83. The first-order valence-corrected chi connectivity index (χ1v) is 4.48. The van der Waals surface area contributed by atoms with Gasteiger partial charge in [0.05, 0.1) is 0 Å². The molecule has 0 saturated carbocycles. The van der Waals surface area contributed by atoms with Gasteiger partial charge in [0.25, 0.3) is 0 Å². The molecule has 1 unspecified atom stereocenters. The molecule has 0 aliphatic heterocycles. The smallest absolute Gasteiger partial charge is 0.426 e. The van der Waals surface area contributed by atoms with Gasteiger partial charge in [-0.15, -0.1) is 0 Å². The van der Waals surface area contributed by atoms with E-state index in [1.54, 1.807) is 0 Å². The Hall–Kier alpha value is -0.770. The summed E-state index contributed by atoms with van der Waals surface area (Å²) in [6, 6.07) is 0. The zero-order valence-electron chi connectivity index (χ0n) is 8.66. The van der Waals surface area contributed by atoms with E-state index in [1.165, 1.54) is 0 Å². The number of carbonyl (C=O) groups is 1. The second-order valence-corrected chi connectivity index (χ2v) is 3.84. The van der Waals surface area contributed by atoms with Crippen LogP contribution in [0.25, 0.3) is 0 Å². The van der Waals surface area contributed by atoms with Gasteiger partial charge in [0, 0.05) is 0 Å². The maximum atomic E-state index is 10.7. The van der Waals surface area contributed by atoms with Gasteiger partial charge < -0.3 is 4.74 Å². The Morgan fingerprint density at radius 1 is 1.54 bits per heavy atom. The average Bonchev–Trinajstić information content (AvgIpc) is 2.02. The Kier molecular flexibility index (Phi) is 4.77. The molecule has 0 radical (unpaired) electrons. The number of hydrogen-bond donors (Lipinski definition) is 1. The van der Waals surface area contributed by atoms with Crippen molar-refractivity contribution in [1.82, 2.24) is 0 Å². The van der Waals surface area contributed by atoms with Crippen molar-refractivity contribution in [1.29, 1.82) is 0 Å². The molecule has 1 atom stereocenters. The lowest BCUT2D eigenvalue weighted by atomic mass is 9.92. The third-order valence-electron chi connectivity index (χ3n) is 1.99. The Bertz CT molecular complexity index is 167. The van der Waals surface area contributed by atoms with Crippen molar-refractivity contribution in [2.75, 3.05) is 0 Å². The quantitative estimate of drug-likeness (QED) is 0.420. The minimum absolute atomic E-state index is 0.427. The second kappa shape index (κ2) is 5.07. The standard InChI is InChI=1S/C9H18O4/c1-5-9(4,6-7(2)3)12-8(10)13-11/h7,11H,5-6H2,1-4H3. The first kappa shape index (κ1) is 12.2. The Balaban J connectivity index is 4.18. The molecule has 13 heavy (non-hydrogen) atoms. The van der Waals surface area contributed by atoms with Gasteiger partial charge in [0.1, 0.15) is 5.60 Å². The highest BCUT2D eigenvalue weighted by molar-refractivity contribution is 5.59. The molecule has 0 aromatic heterocycles. The number of carbonyl (C=O) groups excluding carboxylic acids is 1. The Labute approximate surface area is 78.8 Å². The normalized spacial score (nSPS) is 15.2. The van der Waals surface area contributed by atoms with Crippen LogP contribution in [0.5, 0.6) is 0 Å². The lowest BCUT2D eigenvalue weighted by molar-refractivity contribution is -0.213. The molecular formula is C9H18O4. The SMILES string of the molecule is CCC(C)(CC(C)C)OC(=O)OO. The molecule has 78 valence electrons. The highest BCUT2D eigenvalue weighted by atomic mass is 17.1.